The summed E-state index contributed by atoms with van der Waals surface area (Å²) in [5.41, 5.74) is 3.13. The third-order valence-electron chi connectivity index (χ3n) is 5.86. The van der Waals surface area contributed by atoms with Crippen LogP contribution in [0, 0.1) is 12.8 Å². The van der Waals surface area contributed by atoms with Crippen LogP contribution in [-0.2, 0) is 20.9 Å². The molecule has 2 aliphatic rings. The molecule has 0 aromatic heterocycles. The molecule has 3 atom stereocenters. The van der Waals surface area contributed by atoms with E-state index >= 15 is 0 Å². The number of fused-ring (bicyclic) bond motifs is 1. The van der Waals surface area contributed by atoms with Gasteiger partial charge in [-0.1, -0.05) is 48.0 Å². The van der Waals surface area contributed by atoms with Crippen LogP contribution in [0.25, 0.3) is 6.08 Å². The topological polar surface area (TPSA) is 67.4 Å². The van der Waals surface area contributed by atoms with Gasteiger partial charge >= 0.3 is 0 Å². The highest BCUT2D eigenvalue weighted by molar-refractivity contribution is 6.30. The fraction of sp³-hybridized carbons (Fsp3) is 0.333. The van der Waals surface area contributed by atoms with Gasteiger partial charge in [-0.2, -0.15) is 0 Å². The zero-order valence-corrected chi connectivity index (χ0v) is 17.6. The average Bonchev–Trinajstić information content (AvgIpc) is 2.74. The lowest BCUT2D eigenvalue weighted by molar-refractivity contribution is -0.134. The van der Waals surface area contributed by atoms with Crippen molar-refractivity contribution in [2.24, 2.45) is 5.92 Å². The molecule has 0 bridgehead atoms. The summed E-state index contributed by atoms with van der Waals surface area (Å²) in [5.74, 6) is -0.0254. The Bertz CT molecular complexity index is 971. The first kappa shape index (κ1) is 20.5. The minimum absolute atomic E-state index is 0.0356. The highest BCUT2D eigenvalue weighted by Crippen LogP contribution is 2.31. The molecule has 0 radical (unpaired) electrons. The Morgan fingerprint density at radius 2 is 1.97 bits per heavy atom. The van der Waals surface area contributed by atoms with Crippen LogP contribution < -0.4 is 10.6 Å². The number of rotatable bonds is 4. The Kier molecular flexibility index (Phi) is 6.09. The number of hydrogen-bond acceptors (Lipinski definition) is 3. The van der Waals surface area contributed by atoms with Crippen LogP contribution in [0.2, 0.25) is 5.02 Å². The van der Waals surface area contributed by atoms with E-state index in [-0.39, 0.29) is 29.9 Å². The molecule has 4 rings (SSSR count). The number of morpholine rings is 1. The van der Waals surface area contributed by atoms with Gasteiger partial charge in [0.15, 0.2) is 5.76 Å². The van der Waals surface area contributed by atoms with Gasteiger partial charge in [0.1, 0.15) is 6.10 Å². The first-order valence-corrected chi connectivity index (χ1v) is 10.6. The Morgan fingerprint density at radius 1 is 1.20 bits per heavy atom. The fourth-order valence-electron chi connectivity index (χ4n) is 4.08. The zero-order chi connectivity index (χ0) is 21.1. The van der Waals surface area contributed by atoms with Crippen molar-refractivity contribution < 1.29 is 14.3 Å². The summed E-state index contributed by atoms with van der Waals surface area (Å²) in [6, 6.07) is 15.1. The number of nitrogens with one attached hydrogen (secondary N) is 2. The van der Waals surface area contributed by atoms with E-state index < -0.39 is 0 Å². The molecular weight excluding hydrogens is 400 g/mol. The number of ether oxygens (including phenoxy) is 1. The van der Waals surface area contributed by atoms with Crippen LogP contribution >= 0.6 is 11.6 Å². The number of carbonyl (C=O) groups excluding carboxylic acids is 2. The monoisotopic (exact) mass is 424 g/mol. The number of amides is 2. The van der Waals surface area contributed by atoms with E-state index in [9.17, 15) is 9.59 Å². The second-order valence-corrected chi connectivity index (χ2v) is 8.39. The molecule has 0 spiro atoms. The van der Waals surface area contributed by atoms with Gasteiger partial charge in [-0.05, 0) is 61.1 Å². The summed E-state index contributed by atoms with van der Waals surface area (Å²) < 4.78 is 5.99. The average molecular weight is 425 g/mol. The molecule has 2 aromatic carbocycles. The summed E-state index contributed by atoms with van der Waals surface area (Å²) in [6.07, 6.45) is 3.67. The Balaban J connectivity index is 1.35. The summed E-state index contributed by atoms with van der Waals surface area (Å²) in [7, 11) is 0. The maximum Gasteiger partial charge on any atom is 0.286 e. The molecular formula is C24H25ClN2O3. The van der Waals surface area contributed by atoms with Gasteiger partial charge in [-0.25, -0.2) is 0 Å². The fourth-order valence-corrected chi connectivity index (χ4v) is 4.20. The van der Waals surface area contributed by atoms with E-state index in [1.165, 1.54) is 0 Å². The van der Waals surface area contributed by atoms with Crippen LogP contribution in [-0.4, -0.2) is 24.0 Å². The van der Waals surface area contributed by atoms with Crippen molar-refractivity contribution in [1.29, 1.82) is 0 Å². The third-order valence-corrected chi connectivity index (χ3v) is 6.11. The molecule has 6 heteroatoms. The Labute approximate surface area is 181 Å². The predicted molar refractivity (Wildman–Crippen MR) is 117 cm³/mol. The van der Waals surface area contributed by atoms with Crippen LogP contribution in [0.5, 0.6) is 0 Å². The van der Waals surface area contributed by atoms with E-state index in [1.54, 1.807) is 18.2 Å². The largest absolute Gasteiger partial charge is 0.483 e. The van der Waals surface area contributed by atoms with Gasteiger partial charge in [-0.3, -0.25) is 9.59 Å². The molecule has 156 valence electrons. The Hall–Kier alpha value is -2.79. The maximum atomic E-state index is 12.7. The van der Waals surface area contributed by atoms with Crippen LogP contribution in [0.3, 0.4) is 0 Å². The number of aryl methyl sites for hydroxylation is 1. The molecule has 2 amide bonds. The van der Waals surface area contributed by atoms with E-state index in [0.29, 0.717) is 23.7 Å². The maximum absolute atomic E-state index is 12.7. The van der Waals surface area contributed by atoms with Crippen molar-refractivity contribution >= 4 is 29.5 Å². The van der Waals surface area contributed by atoms with E-state index in [1.807, 2.05) is 43.3 Å². The molecule has 1 aliphatic heterocycles. The molecule has 2 aromatic rings. The van der Waals surface area contributed by atoms with Gasteiger partial charge < -0.3 is 15.4 Å². The molecule has 2 fully saturated rings. The normalized spacial score (nSPS) is 24.5. The second kappa shape index (κ2) is 8.92. The van der Waals surface area contributed by atoms with E-state index in [4.69, 9.17) is 16.3 Å². The number of hydrogen-bond donors (Lipinski definition) is 2. The van der Waals surface area contributed by atoms with Gasteiger partial charge in [0.25, 0.3) is 5.91 Å². The molecule has 1 saturated carbocycles. The van der Waals surface area contributed by atoms with Crippen molar-refractivity contribution in [3.63, 3.8) is 0 Å². The van der Waals surface area contributed by atoms with Crippen LogP contribution in [0.15, 0.2) is 54.3 Å². The van der Waals surface area contributed by atoms with Gasteiger partial charge in [0.2, 0.25) is 5.91 Å². The highest BCUT2D eigenvalue weighted by Gasteiger charge is 2.40. The lowest BCUT2D eigenvalue weighted by Crippen LogP contribution is -2.54. The molecule has 30 heavy (non-hydrogen) atoms. The van der Waals surface area contributed by atoms with Crippen LogP contribution in [0.4, 0.5) is 0 Å². The SMILES string of the molecule is Cc1ccccc1CNC(=O)C1CCC2O/C(=C\c3ccc(Cl)cc3)C(=O)NC2C1. The van der Waals surface area contributed by atoms with Crippen molar-refractivity contribution in [3.05, 3.63) is 76.0 Å². The quantitative estimate of drug-likeness (QED) is 0.729. The smallest absolute Gasteiger partial charge is 0.286 e. The first-order chi connectivity index (χ1) is 14.5. The minimum atomic E-state index is -0.243. The van der Waals surface area contributed by atoms with Crippen molar-refractivity contribution in [1.82, 2.24) is 10.6 Å². The number of benzene rings is 2. The molecule has 5 nitrogen and oxygen atoms in total. The van der Waals surface area contributed by atoms with Crippen molar-refractivity contribution in [3.8, 4) is 0 Å². The third kappa shape index (κ3) is 4.68. The van der Waals surface area contributed by atoms with Crippen molar-refractivity contribution in [2.45, 2.75) is 44.9 Å². The van der Waals surface area contributed by atoms with Crippen molar-refractivity contribution in [2.75, 3.05) is 0 Å². The van der Waals surface area contributed by atoms with E-state index in [0.717, 1.165) is 29.5 Å². The van der Waals surface area contributed by atoms with Crippen LogP contribution in [0.1, 0.15) is 36.0 Å². The molecule has 2 N–H and O–H groups in total. The number of halogens is 1. The van der Waals surface area contributed by atoms with E-state index in [2.05, 4.69) is 10.6 Å². The zero-order valence-electron chi connectivity index (χ0n) is 16.9. The van der Waals surface area contributed by atoms with Gasteiger partial charge in [-0.15, -0.1) is 0 Å². The van der Waals surface area contributed by atoms with Gasteiger partial charge in [0, 0.05) is 17.5 Å². The Morgan fingerprint density at radius 3 is 2.73 bits per heavy atom. The lowest BCUT2D eigenvalue weighted by Gasteiger charge is -2.39. The molecule has 1 aliphatic carbocycles. The predicted octanol–water partition coefficient (Wildman–Crippen LogP) is 3.99. The summed E-state index contributed by atoms with van der Waals surface area (Å²) >= 11 is 5.91. The molecule has 1 heterocycles. The minimum Gasteiger partial charge on any atom is -0.483 e. The standard InChI is InChI=1S/C24H25ClN2O3/c1-15-4-2-3-5-18(15)14-26-23(28)17-8-11-21-20(13-17)27-24(29)22(30-21)12-16-6-9-19(25)10-7-16/h2-7,9-10,12,17,20-21H,8,11,13-14H2,1H3,(H,26,28)(H,27,29)/b22-12-. The van der Waals surface area contributed by atoms with Gasteiger partial charge in [0.05, 0.1) is 6.04 Å². The first-order valence-electron chi connectivity index (χ1n) is 10.3. The summed E-state index contributed by atoms with van der Waals surface area (Å²) in [6.45, 7) is 2.56. The summed E-state index contributed by atoms with van der Waals surface area (Å²) in [4.78, 5) is 25.2. The molecule has 3 unspecified atom stereocenters. The lowest BCUT2D eigenvalue weighted by atomic mass is 9.82. The highest BCUT2D eigenvalue weighted by atomic mass is 35.5. The second-order valence-electron chi connectivity index (χ2n) is 7.95. The summed E-state index contributed by atoms with van der Waals surface area (Å²) in [5, 5.41) is 6.72. The molecule has 1 saturated heterocycles. The number of carbonyl (C=O) groups is 2.